The Labute approximate surface area is 151 Å². The van der Waals surface area contributed by atoms with Crippen molar-refractivity contribution in [3.63, 3.8) is 0 Å². The average molecular weight is 358 g/mol. The summed E-state index contributed by atoms with van der Waals surface area (Å²) in [5.74, 6) is -1.27. The predicted octanol–water partition coefficient (Wildman–Crippen LogP) is 2.28. The summed E-state index contributed by atoms with van der Waals surface area (Å²) in [7, 11) is 1.22. The van der Waals surface area contributed by atoms with Crippen molar-refractivity contribution in [3.8, 4) is 17.6 Å². The first kappa shape index (κ1) is 19.2. The average Bonchev–Trinajstić information content (AvgIpc) is 2.62. The Hall–Kier alpha value is -3.08. The standard InChI is InChI=1S/C18H21N3O5/c1-11-5-3-4-6-14(11)20-18(23)13(10-19)7-12-8-15(21(24)25)17(22)16(9-12)26-2/h7-9,11,14,22H,3-6H2,1-2H3,(H,20,23)/p-1/b13-7+/t11-,14+/m0/s1. The molecule has 0 heterocycles. The molecule has 0 aliphatic heterocycles. The molecule has 0 spiro atoms. The zero-order valence-electron chi connectivity index (χ0n) is 14.7. The third-order valence-corrected chi connectivity index (χ3v) is 4.58. The van der Waals surface area contributed by atoms with Gasteiger partial charge >= 0.3 is 0 Å². The predicted molar refractivity (Wildman–Crippen MR) is 92.2 cm³/mol. The van der Waals surface area contributed by atoms with Crippen LogP contribution in [0, 0.1) is 27.4 Å². The summed E-state index contributed by atoms with van der Waals surface area (Å²) in [6.45, 7) is 2.06. The number of nitrogens with zero attached hydrogens (tertiary/aromatic N) is 2. The summed E-state index contributed by atoms with van der Waals surface area (Å²) in [6.07, 6.45) is 5.24. The highest BCUT2D eigenvalue weighted by molar-refractivity contribution is 6.02. The van der Waals surface area contributed by atoms with Crippen molar-refractivity contribution < 1.29 is 19.6 Å². The van der Waals surface area contributed by atoms with Gasteiger partial charge in [0.25, 0.3) is 11.6 Å². The fourth-order valence-electron chi connectivity index (χ4n) is 3.07. The van der Waals surface area contributed by atoms with Gasteiger partial charge in [0.2, 0.25) is 0 Å². The van der Waals surface area contributed by atoms with Gasteiger partial charge in [-0.1, -0.05) is 19.8 Å². The topological polar surface area (TPSA) is 128 Å². The van der Waals surface area contributed by atoms with E-state index in [9.17, 15) is 25.3 Å². The second kappa shape index (κ2) is 8.34. The maximum atomic E-state index is 12.4. The smallest absolute Gasteiger partial charge is 0.266 e. The fraction of sp³-hybridized carbons (Fsp3) is 0.444. The fourth-order valence-corrected chi connectivity index (χ4v) is 3.07. The lowest BCUT2D eigenvalue weighted by Gasteiger charge is -2.29. The maximum Gasteiger partial charge on any atom is 0.266 e. The molecule has 1 saturated carbocycles. The molecular formula is C18H20N3O5-. The molecule has 26 heavy (non-hydrogen) atoms. The molecule has 1 aliphatic rings. The zero-order valence-corrected chi connectivity index (χ0v) is 14.7. The molecule has 1 aliphatic carbocycles. The summed E-state index contributed by atoms with van der Waals surface area (Å²) in [5.41, 5.74) is -0.677. The Balaban J connectivity index is 2.30. The van der Waals surface area contributed by atoms with Crippen LogP contribution in [0.3, 0.4) is 0 Å². The molecule has 1 fully saturated rings. The number of nitriles is 1. The van der Waals surface area contributed by atoms with Crippen LogP contribution in [-0.4, -0.2) is 24.0 Å². The van der Waals surface area contributed by atoms with E-state index < -0.39 is 22.3 Å². The molecule has 0 bridgehead atoms. The monoisotopic (exact) mass is 358 g/mol. The number of nitrogens with one attached hydrogen (secondary N) is 1. The van der Waals surface area contributed by atoms with Crippen molar-refractivity contribution in [1.82, 2.24) is 5.32 Å². The van der Waals surface area contributed by atoms with Gasteiger partial charge in [0.1, 0.15) is 17.4 Å². The maximum absolute atomic E-state index is 12.4. The molecule has 0 aromatic heterocycles. The molecular weight excluding hydrogens is 338 g/mol. The van der Waals surface area contributed by atoms with Gasteiger partial charge in [0.15, 0.2) is 0 Å². The van der Waals surface area contributed by atoms with E-state index in [0.29, 0.717) is 5.92 Å². The number of carbonyl (C=O) groups excluding carboxylic acids is 1. The van der Waals surface area contributed by atoms with Crippen LogP contribution in [0.4, 0.5) is 5.69 Å². The van der Waals surface area contributed by atoms with E-state index in [-0.39, 0.29) is 22.9 Å². The molecule has 1 aromatic carbocycles. The SMILES string of the molecule is COc1cc(/C=C(\C#N)C(=O)N[C@@H]2CCCC[C@@H]2C)cc([N+](=O)[O-])c1[O-]. The minimum absolute atomic E-state index is 0.000824. The van der Waals surface area contributed by atoms with Gasteiger partial charge in [0, 0.05) is 17.9 Å². The van der Waals surface area contributed by atoms with E-state index in [4.69, 9.17) is 4.74 Å². The Bertz CT molecular complexity index is 782. The third kappa shape index (κ3) is 4.30. The summed E-state index contributed by atoms with van der Waals surface area (Å²) in [5, 5.41) is 35.0. The highest BCUT2D eigenvalue weighted by Gasteiger charge is 2.24. The van der Waals surface area contributed by atoms with Gasteiger partial charge in [-0.3, -0.25) is 14.9 Å². The van der Waals surface area contributed by atoms with E-state index in [1.165, 1.54) is 19.3 Å². The van der Waals surface area contributed by atoms with Gasteiger partial charge in [-0.25, -0.2) is 0 Å². The van der Waals surface area contributed by atoms with Gasteiger partial charge < -0.3 is 15.2 Å². The van der Waals surface area contributed by atoms with Crippen molar-refractivity contribution in [2.24, 2.45) is 5.92 Å². The molecule has 138 valence electrons. The van der Waals surface area contributed by atoms with Crippen LogP contribution in [0.5, 0.6) is 11.5 Å². The number of rotatable bonds is 5. The van der Waals surface area contributed by atoms with E-state index >= 15 is 0 Å². The first-order valence-corrected chi connectivity index (χ1v) is 8.33. The minimum Gasteiger partial charge on any atom is -0.865 e. The minimum atomic E-state index is -0.853. The third-order valence-electron chi connectivity index (χ3n) is 4.58. The molecule has 8 heteroatoms. The van der Waals surface area contributed by atoms with Crippen molar-refractivity contribution in [3.05, 3.63) is 33.4 Å². The van der Waals surface area contributed by atoms with Gasteiger partial charge in [-0.15, -0.1) is 0 Å². The molecule has 2 atom stereocenters. The van der Waals surface area contributed by atoms with Crippen LogP contribution < -0.4 is 15.2 Å². The van der Waals surface area contributed by atoms with Gasteiger partial charge in [0.05, 0.1) is 12.0 Å². The number of benzene rings is 1. The molecule has 1 N–H and O–H groups in total. The van der Waals surface area contributed by atoms with Crippen molar-refractivity contribution in [2.45, 2.75) is 38.6 Å². The number of nitro groups is 1. The first-order chi connectivity index (χ1) is 12.4. The van der Waals surface area contributed by atoms with Crippen LogP contribution in [0.15, 0.2) is 17.7 Å². The number of amides is 1. The molecule has 0 radical (unpaired) electrons. The molecule has 1 aromatic rings. The molecule has 0 saturated heterocycles. The summed E-state index contributed by atoms with van der Waals surface area (Å²) < 4.78 is 4.86. The van der Waals surface area contributed by atoms with Crippen LogP contribution in [0.25, 0.3) is 6.08 Å². The number of ether oxygens (including phenoxy) is 1. The number of hydrogen-bond donors (Lipinski definition) is 1. The van der Waals surface area contributed by atoms with Crippen LogP contribution in [0.1, 0.15) is 38.2 Å². The molecule has 1 amide bonds. The Morgan fingerprint density at radius 1 is 1.42 bits per heavy atom. The largest absolute Gasteiger partial charge is 0.865 e. The molecule has 2 rings (SSSR count). The Morgan fingerprint density at radius 2 is 2.12 bits per heavy atom. The van der Waals surface area contributed by atoms with E-state index in [0.717, 1.165) is 31.7 Å². The normalized spacial score (nSPS) is 20.1. The molecule has 8 nitrogen and oxygen atoms in total. The number of hydrogen-bond acceptors (Lipinski definition) is 6. The van der Waals surface area contributed by atoms with Crippen LogP contribution >= 0.6 is 0 Å². The highest BCUT2D eigenvalue weighted by atomic mass is 16.6. The summed E-state index contributed by atoms with van der Waals surface area (Å²) in [4.78, 5) is 22.6. The second-order valence-electron chi connectivity index (χ2n) is 6.34. The van der Waals surface area contributed by atoms with E-state index in [2.05, 4.69) is 12.2 Å². The lowest BCUT2D eigenvalue weighted by atomic mass is 9.86. The quantitative estimate of drug-likeness (QED) is 0.372. The lowest BCUT2D eigenvalue weighted by Crippen LogP contribution is -2.41. The van der Waals surface area contributed by atoms with Crippen molar-refractivity contribution in [1.29, 1.82) is 5.26 Å². The number of nitro benzene ring substituents is 1. The van der Waals surface area contributed by atoms with Crippen LogP contribution in [0.2, 0.25) is 0 Å². The van der Waals surface area contributed by atoms with Crippen LogP contribution in [-0.2, 0) is 4.79 Å². The second-order valence-corrected chi connectivity index (χ2v) is 6.34. The highest BCUT2D eigenvalue weighted by Crippen LogP contribution is 2.35. The molecule has 0 unspecified atom stereocenters. The van der Waals surface area contributed by atoms with E-state index in [1.54, 1.807) is 0 Å². The van der Waals surface area contributed by atoms with Crippen molar-refractivity contribution >= 4 is 17.7 Å². The number of methoxy groups -OCH3 is 1. The van der Waals surface area contributed by atoms with Gasteiger partial charge in [-0.05, 0) is 36.5 Å². The summed E-state index contributed by atoms with van der Waals surface area (Å²) in [6, 6.07) is 4.11. The Morgan fingerprint density at radius 3 is 2.69 bits per heavy atom. The Kier molecular flexibility index (Phi) is 6.17. The van der Waals surface area contributed by atoms with E-state index in [1.807, 2.05) is 6.07 Å². The summed E-state index contributed by atoms with van der Waals surface area (Å²) >= 11 is 0. The number of carbonyl (C=O) groups is 1. The first-order valence-electron chi connectivity index (χ1n) is 8.33. The van der Waals surface area contributed by atoms with Gasteiger partial charge in [-0.2, -0.15) is 5.26 Å². The zero-order chi connectivity index (χ0) is 19.3. The van der Waals surface area contributed by atoms with Crippen molar-refractivity contribution in [2.75, 3.05) is 7.11 Å². The lowest BCUT2D eigenvalue weighted by molar-refractivity contribution is -0.398.